The van der Waals surface area contributed by atoms with Gasteiger partial charge in [-0.3, -0.25) is 4.79 Å². The average molecular weight is 397 g/mol. The second-order valence-electron chi connectivity index (χ2n) is 5.62. The molecule has 1 amide bonds. The summed E-state index contributed by atoms with van der Waals surface area (Å²) in [5.74, 6) is -1.51. The Morgan fingerprint density at radius 3 is 2.25 bits per heavy atom. The van der Waals surface area contributed by atoms with Crippen molar-refractivity contribution in [2.24, 2.45) is 5.10 Å². The lowest BCUT2D eigenvalue weighted by atomic mass is 10.2. The van der Waals surface area contributed by atoms with Gasteiger partial charge in [-0.1, -0.05) is 35.9 Å². The van der Waals surface area contributed by atoms with Gasteiger partial charge in [0.15, 0.2) is 0 Å². The number of carbonyl (C=O) groups is 2. The van der Waals surface area contributed by atoms with Gasteiger partial charge >= 0.3 is 5.97 Å². The highest BCUT2D eigenvalue weighted by molar-refractivity contribution is 6.33. The van der Waals surface area contributed by atoms with Crippen molar-refractivity contribution in [2.45, 2.75) is 0 Å². The van der Waals surface area contributed by atoms with Crippen LogP contribution in [-0.4, -0.2) is 18.1 Å². The predicted octanol–water partition coefficient (Wildman–Crippen LogP) is 4.46. The molecule has 0 aliphatic heterocycles. The first-order valence-electron chi connectivity index (χ1n) is 8.19. The summed E-state index contributed by atoms with van der Waals surface area (Å²) in [5.41, 5.74) is 3.07. The molecule has 0 heterocycles. The molecule has 3 aromatic rings. The smallest absolute Gasteiger partial charge is 0.345 e. The molecule has 0 aliphatic rings. The van der Waals surface area contributed by atoms with E-state index in [9.17, 15) is 14.0 Å². The number of hydrogen-bond acceptors (Lipinski definition) is 4. The average Bonchev–Trinajstić information content (AvgIpc) is 2.70. The summed E-state index contributed by atoms with van der Waals surface area (Å²) in [6.07, 6.45) is 1.39. The molecule has 0 saturated carbocycles. The van der Waals surface area contributed by atoms with Gasteiger partial charge in [0.05, 0.1) is 22.4 Å². The third-order valence-corrected chi connectivity index (χ3v) is 4.01. The third-order valence-electron chi connectivity index (χ3n) is 3.68. The zero-order valence-corrected chi connectivity index (χ0v) is 15.2. The van der Waals surface area contributed by atoms with Gasteiger partial charge in [-0.05, 0) is 54.1 Å². The SMILES string of the molecule is O=C(N/N=C/c1ccc(OC(=O)c2ccccc2Cl)cc1)c1ccccc1F. The number of hydrazone groups is 1. The van der Waals surface area contributed by atoms with Crippen LogP contribution in [0.1, 0.15) is 26.3 Å². The molecule has 28 heavy (non-hydrogen) atoms. The lowest BCUT2D eigenvalue weighted by molar-refractivity contribution is 0.0734. The van der Waals surface area contributed by atoms with E-state index in [2.05, 4.69) is 10.5 Å². The van der Waals surface area contributed by atoms with Gasteiger partial charge in [0, 0.05) is 0 Å². The second-order valence-corrected chi connectivity index (χ2v) is 6.02. The van der Waals surface area contributed by atoms with Crippen molar-refractivity contribution < 1.29 is 18.7 Å². The van der Waals surface area contributed by atoms with Gasteiger partial charge in [-0.25, -0.2) is 14.6 Å². The summed E-state index contributed by atoms with van der Waals surface area (Å²) in [7, 11) is 0. The highest BCUT2D eigenvalue weighted by atomic mass is 35.5. The molecule has 3 rings (SSSR count). The van der Waals surface area contributed by atoms with Crippen LogP contribution in [0.15, 0.2) is 77.9 Å². The fourth-order valence-electron chi connectivity index (χ4n) is 2.28. The van der Waals surface area contributed by atoms with Crippen LogP contribution in [-0.2, 0) is 0 Å². The lowest BCUT2D eigenvalue weighted by Gasteiger charge is -2.06. The number of esters is 1. The van der Waals surface area contributed by atoms with Gasteiger partial charge in [-0.15, -0.1) is 0 Å². The summed E-state index contributed by atoms with van der Waals surface area (Å²) >= 11 is 5.97. The lowest BCUT2D eigenvalue weighted by Crippen LogP contribution is -2.18. The molecular weight excluding hydrogens is 383 g/mol. The molecule has 0 unspecified atom stereocenters. The van der Waals surface area contributed by atoms with Gasteiger partial charge in [0.2, 0.25) is 0 Å². The Kier molecular flexibility index (Phi) is 6.14. The number of amides is 1. The second kappa shape index (κ2) is 8.92. The Bertz CT molecular complexity index is 1040. The van der Waals surface area contributed by atoms with Crippen LogP contribution in [0.2, 0.25) is 5.02 Å². The van der Waals surface area contributed by atoms with E-state index >= 15 is 0 Å². The first-order chi connectivity index (χ1) is 13.5. The number of hydrogen-bond donors (Lipinski definition) is 1. The zero-order chi connectivity index (χ0) is 19.9. The van der Waals surface area contributed by atoms with Gasteiger partial charge < -0.3 is 4.74 Å². The summed E-state index contributed by atoms with van der Waals surface area (Å²) in [4.78, 5) is 24.0. The summed E-state index contributed by atoms with van der Waals surface area (Å²) in [6, 6.07) is 18.7. The number of nitrogens with one attached hydrogen (secondary N) is 1. The number of carbonyl (C=O) groups excluding carboxylic acids is 2. The van der Waals surface area contributed by atoms with E-state index < -0.39 is 17.7 Å². The number of halogens is 2. The Balaban J connectivity index is 1.59. The first-order valence-corrected chi connectivity index (χ1v) is 8.57. The van der Waals surface area contributed by atoms with Crippen molar-refractivity contribution in [3.05, 3.63) is 100 Å². The molecule has 0 saturated heterocycles. The summed E-state index contributed by atoms with van der Waals surface area (Å²) in [6.45, 7) is 0. The van der Waals surface area contributed by atoms with Crippen LogP contribution in [0.5, 0.6) is 5.75 Å². The van der Waals surface area contributed by atoms with E-state index in [0.29, 0.717) is 16.3 Å². The molecule has 0 fully saturated rings. The maximum atomic E-state index is 13.5. The van der Waals surface area contributed by atoms with Gasteiger partial charge in [0.25, 0.3) is 5.91 Å². The molecule has 0 radical (unpaired) electrons. The predicted molar refractivity (Wildman–Crippen MR) is 104 cm³/mol. The molecule has 3 aromatic carbocycles. The Morgan fingerprint density at radius 1 is 0.929 bits per heavy atom. The molecular formula is C21H14ClFN2O3. The Hall–Kier alpha value is -3.51. The minimum atomic E-state index is -0.653. The van der Waals surface area contributed by atoms with E-state index in [4.69, 9.17) is 16.3 Å². The van der Waals surface area contributed by atoms with Crippen molar-refractivity contribution in [1.82, 2.24) is 5.43 Å². The molecule has 0 spiro atoms. The normalized spacial score (nSPS) is 10.6. The Morgan fingerprint density at radius 2 is 1.57 bits per heavy atom. The van der Waals surface area contributed by atoms with Gasteiger partial charge in [0.1, 0.15) is 11.6 Å². The molecule has 0 atom stereocenters. The van der Waals surface area contributed by atoms with Crippen LogP contribution >= 0.6 is 11.6 Å². The topological polar surface area (TPSA) is 67.8 Å². The summed E-state index contributed by atoms with van der Waals surface area (Å²) < 4.78 is 18.8. The molecule has 0 bridgehead atoms. The van der Waals surface area contributed by atoms with Crippen LogP contribution in [0, 0.1) is 5.82 Å². The van der Waals surface area contributed by atoms with E-state index in [1.54, 1.807) is 54.6 Å². The number of rotatable bonds is 5. The van der Waals surface area contributed by atoms with Gasteiger partial charge in [-0.2, -0.15) is 5.10 Å². The van der Waals surface area contributed by atoms with E-state index in [0.717, 1.165) is 0 Å². The molecule has 0 aliphatic carbocycles. The van der Waals surface area contributed by atoms with Crippen LogP contribution in [0.4, 0.5) is 4.39 Å². The summed E-state index contributed by atoms with van der Waals surface area (Å²) in [5, 5.41) is 4.10. The Labute approximate surface area is 165 Å². The number of ether oxygens (including phenoxy) is 1. The fraction of sp³-hybridized carbons (Fsp3) is 0. The van der Waals surface area contributed by atoms with E-state index in [1.165, 1.54) is 24.4 Å². The number of nitrogens with zero attached hydrogens (tertiary/aromatic N) is 1. The minimum absolute atomic E-state index is 0.0958. The quantitative estimate of drug-likeness (QED) is 0.299. The van der Waals surface area contributed by atoms with Crippen molar-refractivity contribution in [2.75, 3.05) is 0 Å². The van der Waals surface area contributed by atoms with Crippen molar-refractivity contribution >= 4 is 29.7 Å². The number of benzene rings is 3. The fourth-order valence-corrected chi connectivity index (χ4v) is 2.49. The minimum Gasteiger partial charge on any atom is -0.423 e. The monoisotopic (exact) mass is 396 g/mol. The maximum Gasteiger partial charge on any atom is 0.345 e. The van der Waals surface area contributed by atoms with E-state index in [-0.39, 0.29) is 11.1 Å². The highest BCUT2D eigenvalue weighted by Crippen LogP contribution is 2.19. The first kappa shape index (κ1) is 19.3. The highest BCUT2D eigenvalue weighted by Gasteiger charge is 2.12. The molecule has 1 N–H and O–H groups in total. The third kappa shape index (κ3) is 4.81. The zero-order valence-electron chi connectivity index (χ0n) is 14.4. The van der Waals surface area contributed by atoms with Crippen molar-refractivity contribution in [1.29, 1.82) is 0 Å². The largest absolute Gasteiger partial charge is 0.423 e. The molecule has 7 heteroatoms. The van der Waals surface area contributed by atoms with E-state index in [1.807, 2.05) is 0 Å². The standard InChI is InChI=1S/C21H14ClFN2O3/c22-18-7-3-1-5-16(18)21(27)28-15-11-9-14(10-12-15)13-24-25-20(26)17-6-2-4-8-19(17)23/h1-13H,(H,25,26)/b24-13+. The van der Waals surface area contributed by atoms with Crippen LogP contribution in [0.25, 0.3) is 0 Å². The molecule has 140 valence electrons. The maximum absolute atomic E-state index is 13.5. The van der Waals surface area contributed by atoms with Crippen molar-refractivity contribution in [3.63, 3.8) is 0 Å². The van der Waals surface area contributed by atoms with Crippen molar-refractivity contribution in [3.8, 4) is 5.75 Å². The van der Waals surface area contributed by atoms with Crippen LogP contribution in [0.3, 0.4) is 0 Å². The van der Waals surface area contributed by atoms with Crippen LogP contribution < -0.4 is 10.2 Å². The molecule has 0 aromatic heterocycles. The molecule has 5 nitrogen and oxygen atoms in total.